The van der Waals surface area contributed by atoms with Crippen LogP contribution in [0.1, 0.15) is 29.2 Å². The minimum absolute atomic E-state index is 0.0824. The van der Waals surface area contributed by atoms with Gasteiger partial charge >= 0.3 is 5.97 Å². The van der Waals surface area contributed by atoms with Crippen molar-refractivity contribution in [1.82, 2.24) is 9.88 Å². The summed E-state index contributed by atoms with van der Waals surface area (Å²) < 4.78 is 0. The Hall–Kier alpha value is -2.40. The largest absolute Gasteiger partial charge is 0.481 e. The molecule has 1 aliphatic rings. The van der Waals surface area contributed by atoms with E-state index in [1.165, 1.54) is 5.56 Å². The van der Waals surface area contributed by atoms with Crippen LogP contribution in [0.4, 0.5) is 5.82 Å². The van der Waals surface area contributed by atoms with Gasteiger partial charge in [-0.2, -0.15) is 0 Å². The van der Waals surface area contributed by atoms with E-state index in [-0.39, 0.29) is 12.5 Å². The van der Waals surface area contributed by atoms with Crippen molar-refractivity contribution in [3.8, 4) is 0 Å². The second-order valence-corrected chi connectivity index (χ2v) is 6.45. The molecular formula is C19H23N3O2. The van der Waals surface area contributed by atoms with E-state index in [0.717, 1.165) is 29.9 Å². The highest BCUT2D eigenvalue weighted by atomic mass is 16.4. The lowest BCUT2D eigenvalue weighted by Gasteiger charge is -2.36. The number of nitrogens with zero attached hydrogens (tertiary/aromatic N) is 3. The molecule has 1 aromatic carbocycles. The van der Waals surface area contributed by atoms with Crippen LogP contribution in [0.2, 0.25) is 0 Å². The zero-order chi connectivity index (χ0) is 17.1. The second-order valence-electron chi connectivity index (χ2n) is 6.45. The van der Waals surface area contributed by atoms with Gasteiger partial charge in [-0.1, -0.05) is 30.3 Å². The van der Waals surface area contributed by atoms with Crippen molar-refractivity contribution in [3.63, 3.8) is 0 Å². The molecule has 5 heteroatoms. The Bertz CT molecular complexity index is 713. The Balaban J connectivity index is 1.82. The van der Waals surface area contributed by atoms with E-state index in [4.69, 9.17) is 0 Å². The van der Waals surface area contributed by atoms with Crippen molar-refractivity contribution in [2.75, 3.05) is 25.5 Å². The molecule has 1 N–H and O–H groups in total. The van der Waals surface area contributed by atoms with Gasteiger partial charge in [0.1, 0.15) is 5.82 Å². The third-order valence-corrected chi connectivity index (χ3v) is 4.54. The number of hydrogen-bond donors (Lipinski definition) is 1. The number of fused-ring (bicyclic) bond motifs is 1. The maximum Gasteiger partial charge on any atom is 0.305 e. The Kier molecular flexibility index (Phi) is 4.81. The second kappa shape index (κ2) is 7.01. The van der Waals surface area contributed by atoms with Gasteiger partial charge < -0.3 is 10.0 Å². The van der Waals surface area contributed by atoms with Crippen LogP contribution in [0, 0.1) is 0 Å². The number of carboxylic acids is 1. The third kappa shape index (κ3) is 3.57. The van der Waals surface area contributed by atoms with Crippen LogP contribution in [-0.2, 0) is 17.8 Å². The van der Waals surface area contributed by atoms with Gasteiger partial charge in [-0.25, -0.2) is 4.98 Å². The van der Waals surface area contributed by atoms with Crippen molar-refractivity contribution in [2.24, 2.45) is 0 Å². The molecule has 3 rings (SSSR count). The predicted molar refractivity (Wildman–Crippen MR) is 94.1 cm³/mol. The number of aliphatic carboxylic acids is 1. The van der Waals surface area contributed by atoms with Crippen LogP contribution in [0.25, 0.3) is 0 Å². The number of pyridine rings is 1. The maximum absolute atomic E-state index is 11.4. The topological polar surface area (TPSA) is 56.7 Å². The van der Waals surface area contributed by atoms with Crippen LogP contribution in [-0.4, -0.2) is 41.6 Å². The molecule has 2 aromatic rings. The van der Waals surface area contributed by atoms with Crippen LogP contribution < -0.4 is 4.90 Å². The van der Waals surface area contributed by atoms with Gasteiger partial charge in [0.15, 0.2) is 0 Å². The Morgan fingerprint density at radius 1 is 1.29 bits per heavy atom. The number of anilines is 1. The van der Waals surface area contributed by atoms with Gasteiger partial charge in [-0.05, 0) is 29.2 Å². The number of aromatic nitrogens is 1. The highest BCUT2D eigenvalue weighted by Crippen LogP contribution is 2.33. The zero-order valence-corrected chi connectivity index (χ0v) is 14.1. The molecule has 126 valence electrons. The first kappa shape index (κ1) is 16.5. The standard InChI is InChI=1S/C19H23N3O2/c1-21(2)18-8-7-14(12-20-18)13-22-10-9-15-5-3-4-6-16(15)17(22)11-19(23)24/h3-8,12,17H,9-11,13H2,1-2H3,(H,23,24). The number of rotatable bonds is 5. The monoisotopic (exact) mass is 325 g/mol. The minimum atomic E-state index is -0.761. The van der Waals surface area contributed by atoms with Crippen molar-refractivity contribution >= 4 is 11.8 Å². The first-order valence-corrected chi connectivity index (χ1v) is 8.20. The SMILES string of the molecule is CN(C)c1ccc(CN2CCc3ccccc3C2CC(=O)O)cn1. The number of carbonyl (C=O) groups is 1. The normalized spacial score (nSPS) is 17.3. The summed E-state index contributed by atoms with van der Waals surface area (Å²) in [7, 11) is 3.93. The average molecular weight is 325 g/mol. The van der Waals surface area contributed by atoms with E-state index in [0.29, 0.717) is 6.54 Å². The number of carboxylic acid groups (broad SMARTS) is 1. The van der Waals surface area contributed by atoms with E-state index in [1.54, 1.807) is 0 Å². The lowest BCUT2D eigenvalue weighted by atomic mass is 9.90. The zero-order valence-electron chi connectivity index (χ0n) is 14.1. The summed E-state index contributed by atoms with van der Waals surface area (Å²) in [4.78, 5) is 20.0. The van der Waals surface area contributed by atoms with Crippen molar-refractivity contribution in [2.45, 2.75) is 25.4 Å². The van der Waals surface area contributed by atoms with Crippen molar-refractivity contribution in [3.05, 3.63) is 59.3 Å². The summed E-state index contributed by atoms with van der Waals surface area (Å²) >= 11 is 0. The molecule has 2 heterocycles. The molecule has 0 saturated carbocycles. The lowest BCUT2D eigenvalue weighted by Crippen LogP contribution is -2.36. The summed E-state index contributed by atoms with van der Waals surface area (Å²) in [6.07, 6.45) is 2.96. The Labute approximate surface area is 142 Å². The van der Waals surface area contributed by atoms with Gasteiger partial charge in [0.25, 0.3) is 0 Å². The van der Waals surface area contributed by atoms with E-state index >= 15 is 0 Å². The van der Waals surface area contributed by atoms with E-state index in [2.05, 4.69) is 28.1 Å². The summed E-state index contributed by atoms with van der Waals surface area (Å²) in [5.41, 5.74) is 3.51. The molecule has 0 bridgehead atoms. The summed E-state index contributed by atoms with van der Waals surface area (Å²) in [6.45, 7) is 1.58. The molecule has 1 aliphatic heterocycles. The van der Waals surface area contributed by atoms with Gasteiger partial charge in [0.2, 0.25) is 0 Å². The summed E-state index contributed by atoms with van der Waals surface area (Å²) in [5.74, 6) is 0.160. The Morgan fingerprint density at radius 3 is 2.75 bits per heavy atom. The van der Waals surface area contributed by atoms with Crippen LogP contribution in [0.5, 0.6) is 0 Å². The van der Waals surface area contributed by atoms with Gasteiger partial charge in [-0.3, -0.25) is 9.69 Å². The van der Waals surface area contributed by atoms with Crippen LogP contribution >= 0.6 is 0 Å². The molecule has 0 radical (unpaired) electrons. The fourth-order valence-electron chi connectivity index (χ4n) is 3.31. The summed E-state index contributed by atoms with van der Waals surface area (Å²) in [6, 6.07) is 12.2. The minimum Gasteiger partial charge on any atom is -0.481 e. The van der Waals surface area contributed by atoms with Crippen LogP contribution in [0.15, 0.2) is 42.6 Å². The van der Waals surface area contributed by atoms with Crippen molar-refractivity contribution < 1.29 is 9.90 Å². The molecular weight excluding hydrogens is 302 g/mol. The van der Waals surface area contributed by atoms with Gasteiger partial charge in [-0.15, -0.1) is 0 Å². The van der Waals surface area contributed by atoms with Gasteiger partial charge in [0.05, 0.1) is 6.42 Å². The fourth-order valence-corrected chi connectivity index (χ4v) is 3.31. The lowest BCUT2D eigenvalue weighted by molar-refractivity contribution is -0.138. The molecule has 1 aromatic heterocycles. The predicted octanol–water partition coefficient (Wildman–Crippen LogP) is 2.72. The first-order chi connectivity index (χ1) is 11.5. The third-order valence-electron chi connectivity index (χ3n) is 4.54. The molecule has 0 fully saturated rings. The number of hydrogen-bond acceptors (Lipinski definition) is 4. The van der Waals surface area contributed by atoms with E-state index in [9.17, 15) is 9.90 Å². The highest BCUT2D eigenvalue weighted by molar-refractivity contribution is 5.68. The van der Waals surface area contributed by atoms with E-state index < -0.39 is 5.97 Å². The summed E-state index contributed by atoms with van der Waals surface area (Å²) in [5, 5.41) is 9.33. The fraction of sp³-hybridized carbons (Fsp3) is 0.368. The molecule has 5 nitrogen and oxygen atoms in total. The molecule has 24 heavy (non-hydrogen) atoms. The quantitative estimate of drug-likeness (QED) is 0.916. The number of benzene rings is 1. The average Bonchev–Trinajstić information content (AvgIpc) is 2.57. The molecule has 0 aliphatic carbocycles. The molecule has 0 saturated heterocycles. The maximum atomic E-state index is 11.4. The molecule has 1 atom stereocenters. The highest BCUT2D eigenvalue weighted by Gasteiger charge is 2.28. The van der Waals surface area contributed by atoms with E-state index in [1.807, 2.05) is 43.4 Å². The molecule has 0 amide bonds. The van der Waals surface area contributed by atoms with Crippen LogP contribution in [0.3, 0.4) is 0 Å². The molecule has 0 spiro atoms. The Morgan fingerprint density at radius 2 is 2.08 bits per heavy atom. The smallest absolute Gasteiger partial charge is 0.305 e. The van der Waals surface area contributed by atoms with Crippen molar-refractivity contribution in [1.29, 1.82) is 0 Å². The first-order valence-electron chi connectivity index (χ1n) is 8.20. The van der Waals surface area contributed by atoms with Gasteiger partial charge in [0, 0.05) is 39.4 Å². The molecule has 1 unspecified atom stereocenters.